The number of amides is 2. The first-order chi connectivity index (χ1) is 12.6. The second kappa shape index (κ2) is 6.94. The summed E-state index contributed by atoms with van der Waals surface area (Å²) >= 11 is 0. The van der Waals surface area contributed by atoms with Gasteiger partial charge in [0, 0.05) is 17.4 Å². The lowest BCUT2D eigenvalue weighted by atomic mass is 9.79. The van der Waals surface area contributed by atoms with Gasteiger partial charge in [-0.1, -0.05) is 12.1 Å². The molecule has 2 aromatic rings. The quantitative estimate of drug-likeness (QED) is 0.801. The van der Waals surface area contributed by atoms with Crippen molar-refractivity contribution < 1.29 is 22.9 Å². The average Bonchev–Trinajstić information content (AvgIpc) is 2.79. The smallest absolute Gasteiger partial charge is 0.399 e. The number of hydrogen-bond donors (Lipinski definition) is 2. The Labute approximate surface area is 157 Å². The molecule has 1 heterocycles. The number of carbonyl (C=O) groups excluding carboxylic acids is 1. The maximum atomic E-state index is 13.2. The fraction of sp³-hybridized carbons (Fsp3) is 0.316. The zero-order valence-electron chi connectivity index (χ0n) is 15.6. The maximum Gasteiger partial charge on any atom is 0.494 e. The molecule has 0 radical (unpaired) electrons. The topological polar surface area (TPSA) is 59.6 Å². The van der Waals surface area contributed by atoms with Gasteiger partial charge in [-0.2, -0.15) is 0 Å². The van der Waals surface area contributed by atoms with Gasteiger partial charge in [0.2, 0.25) is 0 Å². The minimum atomic E-state index is -1.03. The molecule has 0 unspecified atom stereocenters. The largest absolute Gasteiger partial charge is 0.494 e. The summed E-state index contributed by atoms with van der Waals surface area (Å²) in [6.07, 6.45) is 0. The van der Waals surface area contributed by atoms with E-state index in [2.05, 4.69) is 10.6 Å². The summed E-state index contributed by atoms with van der Waals surface area (Å²) < 4.78 is 38.1. The molecule has 2 N–H and O–H groups in total. The van der Waals surface area contributed by atoms with Crippen LogP contribution in [-0.2, 0) is 9.31 Å². The van der Waals surface area contributed by atoms with E-state index in [0.717, 1.165) is 17.6 Å². The molecule has 0 aromatic heterocycles. The zero-order valence-corrected chi connectivity index (χ0v) is 15.6. The van der Waals surface area contributed by atoms with E-state index >= 15 is 0 Å². The molecule has 1 aliphatic rings. The Balaban J connectivity index is 1.62. The summed E-state index contributed by atoms with van der Waals surface area (Å²) in [6.45, 7) is 7.91. The second-order valence-corrected chi connectivity index (χ2v) is 7.42. The summed E-state index contributed by atoms with van der Waals surface area (Å²) in [5, 5.41) is 5.07. The molecule has 27 heavy (non-hydrogen) atoms. The fourth-order valence-electron chi connectivity index (χ4n) is 2.57. The Hall–Kier alpha value is -2.45. The Morgan fingerprint density at radius 1 is 0.852 bits per heavy atom. The predicted molar refractivity (Wildman–Crippen MR) is 101 cm³/mol. The number of urea groups is 1. The minimum Gasteiger partial charge on any atom is -0.399 e. The van der Waals surface area contributed by atoms with Crippen LogP contribution >= 0.6 is 0 Å². The van der Waals surface area contributed by atoms with E-state index in [9.17, 15) is 13.6 Å². The van der Waals surface area contributed by atoms with E-state index in [1.165, 1.54) is 6.07 Å². The molecule has 1 fully saturated rings. The van der Waals surface area contributed by atoms with Gasteiger partial charge in [-0.15, -0.1) is 0 Å². The molecule has 5 nitrogen and oxygen atoms in total. The summed E-state index contributed by atoms with van der Waals surface area (Å²) in [7, 11) is -0.486. The summed E-state index contributed by atoms with van der Waals surface area (Å²) in [4.78, 5) is 12.0. The maximum absolute atomic E-state index is 13.2. The number of nitrogens with one attached hydrogen (secondary N) is 2. The summed E-state index contributed by atoms with van der Waals surface area (Å²) in [5.41, 5.74) is 0.661. The SMILES string of the molecule is CC1(C)OB(c2ccc(NC(=O)Nc3ccc(F)c(F)c3)cc2)OC1(C)C. The normalized spacial score (nSPS) is 17.6. The van der Waals surface area contributed by atoms with Gasteiger partial charge < -0.3 is 19.9 Å². The van der Waals surface area contributed by atoms with Gasteiger partial charge in [0.25, 0.3) is 0 Å². The van der Waals surface area contributed by atoms with Crippen LogP contribution in [0.5, 0.6) is 0 Å². The van der Waals surface area contributed by atoms with Gasteiger partial charge in [-0.25, -0.2) is 13.6 Å². The van der Waals surface area contributed by atoms with Crippen molar-refractivity contribution in [2.45, 2.75) is 38.9 Å². The van der Waals surface area contributed by atoms with Crippen LogP contribution in [0.25, 0.3) is 0 Å². The van der Waals surface area contributed by atoms with Crippen molar-refractivity contribution in [3.63, 3.8) is 0 Å². The van der Waals surface area contributed by atoms with E-state index in [-0.39, 0.29) is 5.69 Å². The van der Waals surface area contributed by atoms with E-state index < -0.39 is 36.0 Å². The molecule has 0 spiro atoms. The monoisotopic (exact) mass is 374 g/mol. The number of anilines is 2. The predicted octanol–water partition coefficient (Wildman–Crippen LogP) is 3.91. The average molecular weight is 374 g/mol. The highest BCUT2D eigenvalue weighted by atomic mass is 19.2. The first-order valence-electron chi connectivity index (χ1n) is 8.56. The van der Waals surface area contributed by atoms with Crippen LogP contribution in [0.15, 0.2) is 42.5 Å². The van der Waals surface area contributed by atoms with Crippen molar-refractivity contribution in [1.29, 1.82) is 0 Å². The number of hydrogen-bond acceptors (Lipinski definition) is 3. The van der Waals surface area contributed by atoms with Crippen LogP contribution in [0.4, 0.5) is 25.0 Å². The standard InChI is InChI=1S/C19H21BF2N2O3/c1-18(2)19(3,4)27-20(26-18)12-5-7-13(8-6-12)23-17(25)24-14-9-10-15(21)16(22)11-14/h5-11H,1-4H3,(H2,23,24,25). The Morgan fingerprint density at radius 2 is 1.37 bits per heavy atom. The van der Waals surface area contributed by atoms with Gasteiger partial charge in [0.15, 0.2) is 11.6 Å². The molecule has 8 heteroatoms. The molecule has 0 aliphatic carbocycles. The van der Waals surface area contributed by atoms with Crippen LogP contribution in [-0.4, -0.2) is 24.4 Å². The fourth-order valence-corrected chi connectivity index (χ4v) is 2.57. The number of carbonyl (C=O) groups is 1. The Kier molecular flexibility index (Phi) is 4.97. The third-order valence-corrected chi connectivity index (χ3v) is 4.87. The second-order valence-electron chi connectivity index (χ2n) is 7.42. The van der Waals surface area contributed by atoms with Crippen LogP contribution in [0, 0.1) is 11.6 Å². The molecule has 0 atom stereocenters. The van der Waals surface area contributed by atoms with Gasteiger partial charge in [0.1, 0.15) is 0 Å². The van der Waals surface area contributed by atoms with Crippen molar-refractivity contribution >= 4 is 30.0 Å². The highest BCUT2D eigenvalue weighted by Gasteiger charge is 2.51. The molecule has 3 rings (SSSR count). The molecule has 0 saturated carbocycles. The molecule has 2 amide bonds. The van der Waals surface area contributed by atoms with Crippen molar-refractivity contribution in [3.05, 3.63) is 54.1 Å². The summed E-state index contributed by atoms with van der Waals surface area (Å²) in [6, 6.07) is 9.60. The van der Waals surface area contributed by atoms with Crippen molar-refractivity contribution in [3.8, 4) is 0 Å². The molecule has 2 aromatic carbocycles. The van der Waals surface area contributed by atoms with Crippen LogP contribution in [0.3, 0.4) is 0 Å². The van der Waals surface area contributed by atoms with Crippen LogP contribution in [0.2, 0.25) is 0 Å². The van der Waals surface area contributed by atoms with Crippen LogP contribution < -0.4 is 16.1 Å². The van der Waals surface area contributed by atoms with E-state index in [1.54, 1.807) is 24.3 Å². The first-order valence-corrected chi connectivity index (χ1v) is 8.56. The van der Waals surface area contributed by atoms with E-state index in [1.807, 2.05) is 27.7 Å². The molecule has 1 aliphatic heterocycles. The van der Waals surface area contributed by atoms with Crippen molar-refractivity contribution in [1.82, 2.24) is 0 Å². The number of benzene rings is 2. The van der Waals surface area contributed by atoms with Gasteiger partial charge >= 0.3 is 13.1 Å². The number of halogens is 2. The number of rotatable bonds is 3. The van der Waals surface area contributed by atoms with Gasteiger partial charge in [0.05, 0.1) is 11.2 Å². The van der Waals surface area contributed by atoms with Gasteiger partial charge in [-0.05, 0) is 57.4 Å². The van der Waals surface area contributed by atoms with E-state index in [0.29, 0.717) is 5.69 Å². The molecular weight excluding hydrogens is 353 g/mol. The van der Waals surface area contributed by atoms with Crippen molar-refractivity contribution in [2.75, 3.05) is 10.6 Å². The van der Waals surface area contributed by atoms with Crippen LogP contribution in [0.1, 0.15) is 27.7 Å². The molecule has 1 saturated heterocycles. The molecular formula is C19H21BF2N2O3. The molecule has 0 bridgehead atoms. The van der Waals surface area contributed by atoms with Gasteiger partial charge in [-0.3, -0.25) is 0 Å². The zero-order chi connectivity index (χ0) is 19.8. The highest BCUT2D eigenvalue weighted by Crippen LogP contribution is 2.36. The summed E-state index contributed by atoms with van der Waals surface area (Å²) in [5.74, 6) is -2.00. The molecule has 142 valence electrons. The lowest BCUT2D eigenvalue weighted by Gasteiger charge is -2.32. The van der Waals surface area contributed by atoms with E-state index in [4.69, 9.17) is 9.31 Å². The third kappa shape index (κ3) is 4.12. The first kappa shape index (κ1) is 19.3. The lowest BCUT2D eigenvalue weighted by Crippen LogP contribution is -2.41. The minimum absolute atomic E-state index is 0.153. The lowest BCUT2D eigenvalue weighted by molar-refractivity contribution is 0.00578. The van der Waals surface area contributed by atoms with Crippen molar-refractivity contribution in [2.24, 2.45) is 0 Å². The highest BCUT2D eigenvalue weighted by molar-refractivity contribution is 6.62. The Bertz CT molecular complexity index is 841. The third-order valence-electron chi connectivity index (χ3n) is 4.87. The Morgan fingerprint density at radius 3 is 1.93 bits per heavy atom.